The minimum Gasteiger partial charge on any atom is -0.497 e. The fourth-order valence-corrected chi connectivity index (χ4v) is 1.34. The molecule has 0 atom stereocenters. The van der Waals surface area contributed by atoms with E-state index in [4.69, 9.17) is 21.5 Å². The van der Waals surface area contributed by atoms with Gasteiger partial charge < -0.3 is 9.94 Å². The van der Waals surface area contributed by atoms with Crippen molar-refractivity contribution in [3.63, 3.8) is 0 Å². The molecule has 0 aromatic heterocycles. The van der Waals surface area contributed by atoms with Crippen molar-refractivity contribution in [3.8, 4) is 5.75 Å². The highest BCUT2D eigenvalue weighted by molar-refractivity contribution is 6.70. The summed E-state index contributed by atoms with van der Waals surface area (Å²) in [6.45, 7) is 1.40. The Bertz CT molecular complexity index is 415. The lowest BCUT2D eigenvalue weighted by Gasteiger charge is -2.06. The summed E-state index contributed by atoms with van der Waals surface area (Å²) in [5.41, 5.74) is 0.740. The summed E-state index contributed by atoms with van der Waals surface area (Å²) in [6, 6.07) is 4.75. The number of hydrogen-bond donors (Lipinski definition) is 1. The summed E-state index contributed by atoms with van der Waals surface area (Å²) in [7, 11) is 1.50. The first kappa shape index (κ1) is 11.5. The Morgan fingerprint density at radius 1 is 1.47 bits per heavy atom. The molecule has 80 valence electrons. The molecule has 5 heteroatoms. The van der Waals surface area contributed by atoms with Gasteiger partial charge in [-0.3, -0.25) is 4.79 Å². The van der Waals surface area contributed by atoms with Gasteiger partial charge in [-0.1, -0.05) is 16.8 Å². The Balaban J connectivity index is 3.34. The maximum atomic E-state index is 11.3. The first-order chi connectivity index (χ1) is 7.10. The number of carbonyl (C=O) groups is 1. The highest BCUT2D eigenvalue weighted by Crippen LogP contribution is 2.20. The van der Waals surface area contributed by atoms with Crippen molar-refractivity contribution in [1.82, 2.24) is 0 Å². The normalized spacial score (nSPS) is 11.3. The number of rotatable bonds is 3. The van der Waals surface area contributed by atoms with Gasteiger partial charge in [0.25, 0.3) is 0 Å². The molecule has 15 heavy (non-hydrogen) atoms. The number of ketones is 1. The van der Waals surface area contributed by atoms with E-state index in [0.717, 1.165) is 0 Å². The molecule has 0 saturated carbocycles. The first-order valence-electron chi connectivity index (χ1n) is 4.17. The van der Waals surface area contributed by atoms with Crippen molar-refractivity contribution in [2.75, 3.05) is 7.11 Å². The molecular formula is C10H10ClNO3. The third-order valence-electron chi connectivity index (χ3n) is 1.92. The zero-order valence-electron chi connectivity index (χ0n) is 8.32. The van der Waals surface area contributed by atoms with Crippen LogP contribution in [0.2, 0.25) is 0 Å². The van der Waals surface area contributed by atoms with Crippen molar-refractivity contribution in [1.29, 1.82) is 0 Å². The minimum atomic E-state index is -0.175. The second-order valence-corrected chi connectivity index (χ2v) is 3.22. The number of benzene rings is 1. The number of ether oxygens (including phenoxy) is 1. The molecule has 1 N–H and O–H groups in total. The van der Waals surface area contributed by atoms with E-state index in [-0.39, 0.29) is 11.0 Å². The van der Waals surface area contributed by atoms with Crippen molar-refractivity contribution < 1.29 is 14.7 Å². The monoisotopic (exact) mass is 227 g/mol. The quantitative estimate of drug-likeness (QED) is 0.373. The Labute approximate surface area is 92.1 Å². The van der Waals surface area contributed by atoms with E-state index in [9.17, 15) is 4.79 Å². The van der Waals surface area contributed by atoms with Gasteiger partial charge in [0, 0.05) is 11.1 Å². The number of halogens is 1. The van der Waals surface area contributed by atoms with Crippen LogP contribution in [0.4, 0.5) is 0 Å². The van der Waals surface area contributed by atoms with Crippen LogP contribution in [-0.4, -0.2) is 23.3 Å². The van der Waals surface area contributed by atoms with Gasteiger partial charge in [-0.2, -0.15) is 0 Å². The van der Waals surface area contributed by atoms with E-state index in [1.165, 1.54) is 14.0 Å². The summed E-state index contributed by atoms with van der Waals surface area (Å²) in [5, 5.41) is 11.3. The third kappa shape index (κ3) is 2.47. The number of carbonyl (C=O) groups excluding carboxylic acids is 1. The van der Waals surface area contributed by atoms with Crippen LogP contribution in [0.1, 0.15) is 22.8 Å². The lowest BCUT2D eigenvalue weighted by molar-refractivity contribution is 0.101. The van der Waals surface area contributed by atoms with Crippen molar-refractivity contribution in [3.05, 3.63) is 29.3 Å². The second kappa shape index (κ2) is 4.79. The molecule has 4 nitrogen and oxygen atoms in total. The van der Waals surface area contributed by atoms with Crippen LogP contribution in [0.3, 0.4) is 0 Å². The van der Waals surface area contributed by atoms with Crippen LogP contribution in [0.5, 0.6) is 5.75 Å². The summed E-state index contributed by atoms with van der Waals surface area (Å²) in [4.78, 5) is 11.3. The molecule has 0 spiro atoms. The number of Topliss-reactive ketones (excluding diaryl/α,β-unsaturated/α-hetero) is 1. The Morgan fingerprint density at radius 3 is 2.60 bits per heavy atom. The van der Waals surface area contributed by atoms with Crippen LogP contribution in [-0.2, 0) is 0 Å². The first-order valence-corrected chi connectivity index (χ1v) is 4.55. The van der Waals surface area contributed by atoms with Gasteiger partial charge in [-0.15, -0.1) is 0 Å². The zero-order valence-corrected chi connectivity index (χ0v) is 9.08. The average Bonchev–Trinajstić information content (AvgIpc) is 2.27. The zero-order chi connectivity index (χ0) is 11.4. The predicted molar refractivity (Wildman–Crippen MR) is 57.2 cm³/mol. The highest BCUT2D eigenvalue weighted by atomic mass is 35.5. The van der Waals surface area contributed by atoms with Crippen LogP contribution < -0.4 is 4.74 Å². The van der Waals surface area contributed by atoms with Crippen molar-refractivity contribution in [2.45, 2.75) is 6.92 Å². The molecule has 0 aliphatic rings. The van der Waals surface area contributed by atoms with E-state index in [1.807, 2.05) is 0 Å². The van der Waals surface area contributed by atoms with Crippen LogP contribution in [0, 0.1) is 0 Å². The van der Waals surface area contributed by atoms with Gasteiger partial charge >= 0.3 is 0 Å². The van der Waals surface area contributed by atoms with E-state index in [1.54, 1.807) is 18.2 Å². The highest BCUT2D eigenvalue weighted by Gasteiger charge is 2.12. The molecule has 0 fully saturated rings. The molecule has 1 rings (SSSR count). The van der Waals surface area contributed by atoms with Gasteiger partial charge in [0.2, 0.25) is 0 Å². The molecule has 0 saturated heterocycles. The van der Waals surface area contributed by atoms with Crippen LogP contribution in [0.15, 0.2) is 23.4 Å². The summed E-state index contributed by atoms with van der Waals surface area (Å²) < 4.78 is 4.98. The van der Waals surface area contributed by atoms with E-state index < -0.39 is 0 Å². The maximum Gasteiger partial charge on any atom is 0.176 e. The van der Waals surface area contributed by atoms with Gasteiger partial charge in [-0.05, 0) is 25.1 Å². The van der Waals surface area contributed by atoms with Crippen molar-refractivity contribution in [2.24, 2.45) is 5.16 Å². The number of nitrogens with zero attached hydrogens (tertiary/aromatic N) is 1. The lowest BCUT2D eigenvalue weighted by atomic mass is 10.0. The molecular weight excluding hydrogens is 218 g/mol. The topological polar surface area (TPSA) is 58.9 Å². The SMILES string of the molecule is COc1ccc(C(Cl)=NO)c(C(C)=O)c1. The maximum absolute atomic E-state index is 11.3. The number of oxime groups is 1. The number of hydrogen-bond acceptors (Lipinski definition) is 4. The molecule has 0 aliphatic carbocycles. The van der Waals surface area contributed by atoms with Gasteiger partial charge in [0.1, 0.15) is 5.75 Å². The summed E-state index contributed by atoms with van der Waals surface area (Å²) in [6.07, 6.45) is 0. The molecule has 0 amide bonds. The van der Waals surface area contributed by atoms with E-state index >= 15 is 0 Å². The second-order valence-electron chi connectivity index (χ2n) is 2.86. The average molecular weight is 228 g/mol. The molecule has 0 radical (unpaired) electrons. The van der Waals surface area contributed by atoms with Gasteiger partial charge in [-0.25, -0.2) is 0 Å². The van der Waals surface area contributed by atoms with E-state index in [2.05, 4.69) is 5.16 Å². The minimum absolute atomic E-state index is 0.122. The molecule has 0 aliphatic heterocycles. The fraction of sp³-hybridized carbons (Fsp3) is 0.200. The van der Waals surface area contributed by atoms with Crippen LogP contribution in [0.25, 0.3) is 0 Å². The molecule has 0 bridgehead atoms. The smallest absolute Gasteiger partial charge is 0.176 e. The van der Waals surface area contributed by atoms with Gasteiger partial charge in [0.05, 0.1) is 7.11 Å². The molecule has 0 heterocycles. The Hall–Kier alpha value is -1.55. The third-order valence-corrected chi connectivity index (χ3v) is 2.20. The van der Waals surface area contributed by atoms with Crippen LogP contribution >= 0.6 is 11.6 Å². The molecule has 1 aromatic rings. The largest absolute Gasteiger partial charge is 0.497 e. The van der Waals surface area contributed by atoms with Crippen molar-refractivity contribution >= 4 is 22.6 Å². The molecule has 1 aromatic carbocycles. The molecule has 0 unspecified atom stereocenters. The predicted octanol–water partition coefficient (Wildman–Crippen LogP) is 2.27. The summed E-state index contributed by atoms with van der Waals surface area (Å²) >= 11 is 5.64. The fourth-order valence-electron chi connectivity index (χ4n) is 1.18. The standard InChI is InChI=1S/C10H10ClNO3/c1-6(13)9-5-7(15-2)3-4-8(9)10(11)12-14/h3-5,14H,1-2H3. The van der Waals surface area contributed by atoms with E-state index in [0.29, 0.717) is 16.9 Å². The number of methoxy groups -OCH3 is 1. The summed E-state index contributed by atoms with van der Waals surface area (Å²) in [5.74, 6) is 0.372. The lowest BCUT2D eigenvalue weighted by Crippen LogP contribution is -2.03. The Morgan fingerprint density at radius 2 is 2.13 bits per heavy atom. The van der Waals surface area contributed by atoms with Gasteiger partial charge in [0.15, 0.2) is 11.0 Å². The Kier molecular flexibility index (Phi) is 3.68.